The lowest BCUT2D eigenvalue weighted by Gasteiger charge is -2.11. The molecule has 1 aromatic heterocycles. The third-order valence-electron chi connectivity index (χ3n) is 4.68. The van der Waals surface area contributed by atoms with Gasteiger partial charge in [-0.1, -0.05) is 48.5 Å². The van der Waals surface area contributed by atoms with Crippen LogP contribution < -0.4 is 0 Å². The van der Waals surface area contributed by atoms with E-state index < -0.39 is 0 Å². The molecule has 0 aliphatic heterocycles. The monoisotopic (exact) mass is 313 g/mol. The van der Waals surface area contributed by atoms with Crippen molar-refractivity contribution < 1.29 is 5.11 Å². The van der Waals surface area contributed by atoms with E-state index in [1.54, 1.807) is 0 Å². The maximum Gasteiger partial charge on any atom is 0.0682 e. The number of fused-ring (bicyclic) bond motifs is 2. The summed E-state index contributed by atoms with van der Waals surface area (Å²) in [6.07, 6.45) is 2.66. The first kappa shape index (κ1) is 14.9. The summed E-state index contributed by atoms with van der Waals surface area (Å²) in [7, 11) is 0. The molecule has 0 aliphatic rings. The number of aliphatic hydroxyl groups is 1. The highest BCUT2D eigenvalue weighted by molar-refractivity contribution is 5.90. The van der Waals surface area contributed by atoms with Crippen molar-refractivity contribution in [1.29, 1.82) is 0 Å². The van der Waals surface area contributed by atoms with Crippen molar-refractivity contribution in [3.8, 4) is 0 Å². The molecule has 4 rings (SSSR count). The Morgan fingerprint density at radius 3 is 2.54 bits per heavy atom. The van der Waals surface area contributed by atoms with E-state index >= 15 is 0 Å². The number of aliphatic hydroxyl groups excluding tert-OH is 1. The normalized spacial score (nSPS) is 11.2. The fourth-order valence-corrected chi connectivity index (χ4v) is 3.38. The molecule has 0 amide bonds. The fourth-order valence-electron chi connectivity index (χ4n) is 3.38. The molecule has 0 aliphatic carbocycles. The number of aromatic nitrogens is 1. The number of aryl methyl sites for hydroxylation is 1. The summed E-state index contributed by atoms with van der Waals surface area (Å²) >= 11 is 0. The molecule has 1 heterocycles. The van der Waals surface area contributed by atoms with Crippen LogP contribution in [0.15, 0.2) is 66.9 Å². The number of hydrogen-bond acceptors (Lipinski definition) is 2. The minimum atomic E-state index is 0.0657. The van der Waals surface area contributed by atoms with Crippen molar-refractivity contribution in [2.24, 2.45) is 0 Å². The predicted molar refractivity (Wildman–Crippen MR) is 99.2 cm³/mol. The van der Waals surface area contributed by atoms with Gasteiger partial charge in [0, 0.05) is 18.0 Å². The lowest BCUT2D eigenvalue weighted by Crippen LogP contribution is -1.96. The van der Waals surface area contributed by atoms with E-state index in [9.17, 15) is 5.11 Å². The Morgan fingerprint density at radius 1 is 0.875 bits per heavy atom. The van der Waals surface area contributed by atoms with E-state index in [2.05, 4.69) is 54.4 Å². The van der Waals surface area contributed by atoms with Crippen LogP contribution >= 0.6 is 0 Å². The molecule has 24 heavy (non-hydrogen) atoms. The molecule has 3 aromatic carbocycles. The maximum absolute atomic E-state index is 9.33. The molecule has 0 saturated carbocycles. The molecule has 0 atom stereocenters. The molecule has 4 aromatic rings. The molecular formula is C22H19NO. The van der Waals surface area contributed by atoms with Crippen LogP contribution in [0.25, 0.3) is 21.5 Å². The Balaban J connectivity index is 1.84. The first-order valence-corrected chi connectivity index (χ1v) is 8.21. The quantitative estimate of drug-likeness (QED) is 0.590. The zero-order valence-electron chi connectivity index (χ0n) is 13.7. The van der Waals surface area contributed by atoms with Crippen molar-refractivity contribution in [2.75, 3.05) is 0 Å². The smallest absolute Gasteiger partial charge is 0.0682 e. The molecule has 118 valence electrons. The highest BCUT2D eigenvalue weighted by Gasteiger charge is 2.08. The van der Waals surface area contributed by atoms with Crippen molar-refractivity contribution in [3.63, 3.8) is 0 Å². The van der Waals surface area contributed by atoms with E-state index in [1.165, 1.54) is 21.9 Å². The Labute approximate surface area is 141 Å². The highest BCUT2D eigenvalue weighted by Crippen LogP contribution is 2.26. The van der Waals surface area contributed by atoms with Gasteiger partial charge < -0.3 is 5.11 Å². The summed E-state index contributed by atoms with van der Waals surface area (Å²) in [5, 5.41) is 14.2. The average molecular weight is 313 g/mol. The van der Waals surface area contributed by atoms with Crippen LogP contribution in [0.4, 0.5) is 0 Å². The molecule has 0 bridgehead atoms. The second kappa shape index (κ2) is 6.06. The van der Waals surface area contributed by atoms with Crippen LogP contribution in [0.1, 0.15) is 22.4 Å². The van der Waals surface area contributed by atoms with Crippen LogP contribution in [-0.4, -0.2) is 10.1 Å². The lowest BCUT2D eigenvalue weighted by molar-refractivity contribution is 0.282. The predicted octanol–water partition coefficient (Wildman–Crippen LogP) is 4.78. The Kier molecular flexibility index (Phi) is 3.75. The number of benzene rings is 3. The van der Waals surface area contributed by atoms with E-state index in [0.29, 0.717) is 0 Å². The van der Waals surface area contributed by atoms with Crippen molar-refractivity contribution in [3.05, 3.63) is 89.2 Å². The summed E-state index contributed by atoms with van der Waals surface area (Å²) < 4.78 is 0. The Hall–Kier alpha value is -2.71. The Bertz CT molecular complexity index is 1040. The zero-order valence-corrected chi connectivity index (χ0v) is 13.7. The van der Waals surface area contributed by atoms with Crippen LogP contribution in [0.5, 0.6) is 0 Å². The molecule has 0 spiro atoms. The minimum absolute atomic E-state index is 0.0657. The van der Waals surface area contributed by atoms with Crippen molar-refractivity contribution in [1.82, 2.24) is 4.98 Å². The lowest BCUT2D eigenvalue weighted by atomic mass is 9.95. The zero-order chi connectivity index (χ0) is 16.5. The van der Waals surface area contributed by atoms with Gasteiger partial charge in [-0.3, -0.25) is 4.98 Å². The third kappa shape index (κ3) is 2.55. The van der Waals surface area contributed by atoms with Gasteiger partial charge in [-0.2, -0.15) is 0 Å². The van der Waals surface area contributed by atoms with Crippen molar-refractivity contribution >= 4 is 21.5 Å². The molecular weight excluding hydrogens is 294 g/mol. The van der Waals surface area contributed by atoms with Gasteiger partial charge in [0.15, 0.2) is 0 Å². The molecule has 0 unspecified atom stereocenters. The average Bonchev–Trinajstić information content (AvgIpc) is 2.64. The molecule has 0 fully saturated rings. The van der Waals surface area contributed by atoms with E-state index in [0.717, 1.165) is 28.5 Å². The Morgan fingerprint density at radius 2 is 1.71 bits per heavy atom. The number of nitrogens with zero attached hydrogens (tertiary/aromatic N) is 1. The van der Waals surface area contributed by atoms with Gasteiger partial charge in [-0.25, -0.2) is 0 Å². The van der Waals surface area contributed by atoms with Gasteiger partial charge in [-0.15, -0.1) is 0 Å². The second-order valence-corrected chi connectivity index (χ2v) is 6.24. The van der Waals surface area contributed by atoms with E-state index in [-0.39, 0.29) is 6.61 Å². The first-order valence-electron chi connectivity index (χ1n) is 8.21. The van der Waals surface area contributed by atoms with Gasteiger partial charge in [0.1, 0.15) is 0 Å². The topological polar surface area (TPSA) is 33.1 Å². The maximum atomic E-state index is 9.33. The van der Waals surface area contributed by atoms with Gasteiger partial charge >= 0.3 is 0 Å². The summed E-state index contributed by atoms with van der Waals surface area (Å²) in [5.41, 5.74) is 4.60. The fraction of sp³-hybridized carbons (Fsp3) is 0.136. The number of rotatable bonds is 3. The summed E-state index contributed by atoms with van der Waals surface area (Å²) in [4.78, 5) is 4.62. The molecule has 1 N–H and O–H groups in total. The van der Waals surface area contributed by atoms with E-state index in [4.69, 9.17) is 0 Å². The summed E-state index contributed by atoms with van der Waals surface area (Å²) in [6.45, 7) is 2.22. The van der Waals surface area contributed by atoms with Crippen LogP contribution in [-0.2, 0) is 13.0 Å². The van der Waals surface area contributed by atoms with Gasteiger partial charge in [-0.05, 0) is 51.9 Å². The van der Waals surface area contributed by atoms with Crippen LogP contribution in [0, 0.1) is 6.92 Å². The first-order chi connectivity index (χ1) is 11.8. The highest BCUT2D eigenvalue weighted by atomic mass is 16.3. The van der Waals surface area contributed by atoms with Crippen LogP contribution in [0.3, 0.4) is 0 Å². The number of pyridine rings is 1. The standard InChI is InChI=1S/C22H19NO/c1-15-6-8-17(20-5-3-2-4-19(15)20)13-22-21-9-7-16(14-24)12-18(21)10-11-23-22/h2-12,24H,13-14H2,1H3. The molecule has 2 nitrogen and oxygen atoms in total. The SMILES string of the molecule is Cc1ccc(Cc2nccc3cc(CO)ccc23)c2ccccc12. The summed E-state index contributed by atoms with van der Waals surface area (Å²) in [6, 6.07) is 21.0. The third-order valence-corrected chi connectivity index (χ3v) is 4.68. The van der Waals surface area contributed by atoms with Gasteiger partial charge in [0.05, 0.1) is 12.3 Å². The van der Waals surface area contributed by atoms with Crippen molar-refractivity contribution in [2.45, 2.75) is 20.0 Å². The largest absolute Gasteiger partial charge is 0.392 e. The van der Waals surface area contributed by atoms with E-state index in [1.807, 2.05) is 24.4 Å². The second-order valence-electron chi connectivity index (χ2n) is 6.24. The minimum Gasteiger partial charge on any atom is -0.392 e. The molecule has 0 saturated heterocycles. The van der Waals surface area contributed by atoms with Gasteiger partial charge in [0.25, 0.3) is 0 Å². The molecule has 2 heteroatoms. The summed E-state index contributed by atoms with van der Waals surface area (Å²) in [5.74, 6) is 0. The van der Waals surface area contributed by atoms with Gasteiger partial charge in [0.2, 0.25) is 0 Å². The van der Waals surface area contributed by atoms with Crippen LogP contribution in [0.2, 0.25) is 0 Å². The number of hydrogen-bond donors (Lipinski definition) is 1. The molecule has 0 radical (unpaired) electrons.